The molecule has 1 aliphatic heterocycles. The van der Waals surface area contributed by atoms with Gasteiger partial charge in [-0.3, -0.25) is 19.3 Å². The Morgan fingerprint density at radius 3 is 2.27 bits per heavy atom. The number of hydrogen-bond acceptors (Lipinski definition) is 8. The summed E-state index contributed by atoms with van der Waals surface area (Å²) in [7, 11) is 2.00. The number of benzene rings is 4. The number of fused-ring (bicyclic) bond motifs is 1. The van der Waals surface area contributed by atoms with Gasteiger partial charge in [0, 0.05) is 59.5 Å². The summed E-state index contributed by atoms with van der Waals surface area (Å²) in [6.07, 6.45) is 1.37. The monoisotopic (exact) mass is 717 g/mol. The number of para-hydroxylation sites is 2. The maximum Gasteiger partial charge on any atom is 0.258 e. The summed E-state index contributed by atoms with van der Waals surface area (Å²) in [5, 5.41) is 18.8. The van der Waals surface area contributed by atoms with Gasteiger partial charge in [-0.15, -0.1) is 11.3 Å². The van der Waals surface area contributed by atoms with Crippen LogP contribution in [0, 0.1) is 12.8 Å². The molecule has 1 aromatic heterocycles. The maximum absolute atomic E-state index is 13.9. The molecule has 0 fully saturated rings. The standard InChI is InChI=1S/C41H43N5O5S/c1-26-8-5-6-10-34(26)43-38(48)30-14-12-29(13-15-30)23-45(4)24-36-27(2)22-46(28(3)25-47)41(50)33-9-7-11-35(37(33)51-36)44-39(49)31-16-18-32(19-17-31)40-42-20-21-52-40/h5-21,27-28,36,47H,22-25H2,1-4H3,(H,43,48)(H,44,49)/t27?,28-,36-/m1/s1. The minimum Gasteiger partial charge on any atom is -0.486 e. The van der Waals surface area contributed by atoms with Crippen LogP contribution in [-0.2, 0) is 6.54 Å². The maximum atomic E-state index is 13.9. The van der Waals surface area contributed by atoms with Gasteiger partial charge in [0.2, 0.25) is 0 Å². The number of thiazole rings is 1. The Hall–Kier alpha value is -5.36. The molecular formula is C41H43N5O5S. The zero-order chi connectivity index (χ0) is 36.8. The van der Waals surface area contributed by atoms with Crippen molar-refractivity contribution in [1.82, 2.24) is 14.8 Å². The molecule has 0 saturated carbocycles. The molecule has 1 unspecified atom stereocenters. The molecule has 11 heteroatoms. The van der Waals surface area contributed by atoms with E-state index in [1.807, 2.05) is 93.9 Å². The zero-order valence-electron chi connectivity index (χ0n) is 29.7. The van der Waals surface area contributed by atoms with Crippen LogP contribution in [0.4, 0.5) is 11.4 Å². The number of rotatable bonds is 11. The van der Waals surface area contributed by atoms with Crippen LogP contribution in [0.25, 0.3) is 10.6 Å². The average Bonchev–Trinajstić information content (AvgIpc) is 3.70. The van der Waals surface area contributed by atoms with Crippen LogP contribution in [0.5, 0.6) is 5.75 Å². The topological polar surface area (TPSA) is 124 Å². The SMILES string of the molecule is Cc1ccccc1NC(=O)c1ccc(CN(C)C[C@H]2Oc3c(NC(=O)c4ccc(-c5nccs5)cc4)cccc3C(=O)N([C@H](C)CO)CC2C)cc1. The Kier molecular flexibility index (Phi) is 11.4. The molecule has 0 spiro atoms. The van der Waals surface area contributed by atoms with Crippen LogP contribution in [0.1, 0.15) is 56.0 Å². The quantitative estimate of drug-likeness (QED) is 0.135. The number of aryl methyl sites for hydroxylation is 1. The van der Waals surface area contributed by atoms with E-state index in [2.05, 4.69) is 20.5 Å². The summed E-state index contributed by atoms with van der Waals surface area (Å²) in [6, 6.07) is 27.2. The van der Waals surface area contributed by atoms with Crippen molar-refractivity contribution in [2.24, 2.45) is 5.92 Å². The van der Waals surface area contributed by atoms with Gasteiger partial charge < -0.3 is 25.4 Å². The number of aromatic nitrogens is 1. The van der Waals surface area contributed by atoms with Gasteiger partial charge in [0.25, 0.3) is 17.7 Å². The Bertz CT molecular complexity index is 2020. The summed E-state index contributed by atoms with van der Waals surface area (Å²) < 4.78 is 6.72. The molecule has 0 aliphatic carbocycles. The number of carbonyl (C=O) groups excluding carboxylic acids is 3. The number of aliphatic hydroxyl groups is 1. The van der Waals surface area contributed by atoms with Gasteiger partial charge in [-0.25, -0.2) is 4.98 Å². The molecule has 4 aromatic carbocycles. The van der Waals surface area contributed by atoms with E-state index < -0.39 is 6.04 Å². The van der Waals surface area contributed by atoms with E-state index in [1.165, 1.54) is 11.3 Å². The number of ether oxygens (including phenoxy) is 1. The normalized spacial score (nSPS) is 16.3. The van der Waals surface area contributed by atoms with Crippen LogP contribution in [0.3, 0.4) is 0 Å². The highest BCUT2D eigenvalue weighted by Gasteiger charge is 2.34. The second-order valence-corrected chi connectivity index (χ2v) is 14.2. The van der Waals surface area contributed by atoms with E-state index in [0.29, 0.717) is 47.8 Å². The molecule has 5 aromatic rings. The van der Waals surface area contributed by atoms with Gasteiger partial charge in [-0.05, 0) is 74.5 Å². The van der Waals surface area contributed by atoms with Crippen LogP contribution < -0.4 is 15.4 Å². The Morgan fingerprint density at radius 2 is 1.62 bits per heavy atom. The van der Waals surface area contributed by atoms with Crippen molar-refractivity contribution in [2.75, 3.05) is 37.4 Å². The Balaban J connectivity index is 1.20. The molecule has 10 nitrogen and oxygen atoms in total. The fraction of sp³-hybridized carbons (Fsp3) is 0.268. The molecule has 6 rings (SSSR count). The van der Waals surface area contributed by atoms with Crippen molar-refractivity contribution < 1.29 is 24.2 Å². The van der Waals surface area contributed by atoms with Gasteiger partial charge in [0.15, 0.2) is 5.75 Å². The Labute approximate surface area is 308 Å². The highest BCUT2D eigenvalue weighted by atomic mass is 32.1. The third-order valence-corrected chi connectivity index (χ3v) is 10.1. The van der Waals surface area contributed by atoms with Gasteiger partial charge in [0.1, 0.15) is 11.1 Å². The molecule has 0 radical (unpaired) electrons. The lowest BCUT2D eigenvalue weighted by atomic mass is 9.98. The van der Waals surface area contributed by atoms with Gasteiger partial charge in [-0.2, -0.15) is 0 Å². The number of nitrogens with one attached hydrogen (secondary N) is 2. The summed E-state index contributed by atoms with van der Waals surface area (Å²) in [6.45, 7) is 7.09. The number of likely N-dealkylation sites (N-methyl/N-ethyl adjacent to an activating group) is 1. The van der Waals surface area contributed by atoms with Crippen molar-refractivity contribution in [2.45, 2.75) is 39.5 Å². The predicted molar refractivity (Wildman–Crippen MR) is 205 cm³/mol. The van der Waals surface area contributed by atoms with E-state index in [-0.39, 0.29) is 36.4 Å². The van der Waals surface area contributed by atoms with Crippen molar-refractivity contribution in [3.8, 4) is 16.3 Å². The second kappa shape index (κ2) is 16.3. The van der Waals surface area contributed by atoms with Crippen LogP contribution in [0.15, 0.2) is 103 Å². The van der Waals surface area contributed by atoms with Gasteiger partial charge in [-0.1, -0.05) is 55.5 Å². The predicted octanol–water partition coefficient (Wildman–Crippen LogP) is 6.98. The number of nitrogens with zero attached hydrogens (tertiary/aromatic N) is 3. The second-order valence-electron chi connectivity index (χ2n) is 13.3. The fourth-order valence-corrected chi connectivity index (χ4v) is 6.88. The third-order valence-electron chi connectivity index (χ3n) is 9.32. The van der Waals surface area contributed by atoms with E-state index in [0.717, 1.165) is 27.4 Å². The number of amides is 3. The summed E-state index contributed by atoms with van der Waals surface area (Å²) in [5.41, 5.74) is 5.44. The molecule has 268 valence electrons. The van der Waals surface area contributed by atoms with E-state index >= 15 is 0 Å². The molecule has 3 N–H and O–H groups in total. The largest absolute Gasteiger partial charge is 0.486 e. The minimum absolute atomic E-state index is 0.122. The van der Waals surface area contributed by atoms with Crippen molar-refractivity contribution in [3.05, 3.63) is 130 Å². The first-order valence-electron chi connectivity index (χ1n) is 17.3. The smallest absolute Gasteiger partial charge is 0.258 e. The summed E-state index contributed by atoms with van der Waals surface area (Å²) in [5.74, 6) is -0.606. The van der Waals surface area contributed by atoms with Crippen LogP contribution >= 0.6 is 11.3 Å². The van der Waals surface area contributed by atoms with Crippen LogP contribution in [-0.4, -0.2) is 76.5 Å². The first-order chi connectivity index (χ1) is 25.1. The van der Waals surface area contributed by atoms with E-state index in [1.54, 1.807) is 41.4 Å². The van der Waals surface area contributed by atoms with E-state index in [4.69, 9.17) is 4.74 Å². The lowest BCUT2D eigenvalue weighted by molar-refractivity contribution is 0.0343. The molecular weight excluding hydrogens is 675 g/mol. The number of anilines is 2. The van der Waals surface area contributed by atoms with Crippen molar-refractivity contribution >= 4 is 40.4 Å². The Morgan fingerprint density at radius 1 is 0.962 bits per heavy atom. The molecule has 52 heavy (non-hydrogen) atoms. The molecule has 0 saturated heterocycles. The van der Waals surface area contributed by atoms with Gasteiger partial charge >= 0.3 is 0 Å². The first-order valence-corrected chi connectivity index (χ1v) is 18.2. The molecule has 2 heterocycles. The molecule has 0 bridgehead atoms. The summed E-state index contributed by atoms with van der Waals surface area (Å²) in [4.78, 5) is 48.5. The highest BCUT2D eigenvalue weighted by Crippen LogP contribution is 2.35. The number of carbonyl (C=O) groups is 3. The number of hydrogen-bond donors (Lipinski definition) is 3. The molecule has 1 aliphatic rings. The number of aliphatic hydroxyl groups excluding tert-OH is 1. The fourth-order valence-electron chi connectivity index (χ4n) is 6.24. The average molecular weight is 718 g/mol. The highest BCUT2D eigenvalue weighted by molar-refractivity contribution is 7.13. The van der Waals surface area contributed by atoms with E-state index in [9.17, 15) is 19.5 Å². The lowest BCUT2D eigenvalue weighted by Crippen LogP contribution is -2.49. The third kappa shape index (κ3) is 8.39. The zero-order valence-corrected chi connectivity index (χ0v) is 30.5. The first kappa shape index (κ1) is 36.4. The molecule has 3 amide bonds. The summed E-state index contributed by atoms with van der Waals surface area (Å²) >= 11 is 1.52. The van der Waals surface area contributed by atoms with Gasteiger partial charge in [0.05, 0.1) is 23.9 Å². The van der Waals surface area contributed by atoms with Crippen molar-refractivity contribution in [3.63, 3.8) is 0 Å². The molecule has 3 atom stereocenters. The van der Waals surface area contributed by atoms with Crippen LogP contribution in [0.2, 0.25) is 0 Å². The lowest BCUT2D eigenvalue weighted by Gasteiger charge is -2.38. The minimum atomic E-state index is -0.421. The van der Waals surface area contributed by atoms with Crippen molar-refractivity contribution in [1.29, 1.82) is 0 Å².